The molecule has 2 heterocycles. The Kier molecular flexibility index (Phi) is 5.25. The maximum absolute atomic E-state index is 13.1. The summed E-state index contributed by atoms with van der Waals surface area (Å²) < 4.78 is 18.5. The number of urea groups is 1. The van der Waals surface area contributed by atoms with E-state index < -0.39 is 0 Å². The molecule has 28 heavy (non-hydrogen) atoms. The summed E-state index contributed by atoms with van der Waals surface area (Å²) in [5, 5.41) is 5.80. The topological polar surface area (TPSA) is 54.5 Å². The van der Waals surface area contributed by atoms with E-state index in [1.807, 2.05) is 34.5 Å². The summed E-state index contributed by atoms with van der Waals surface area (Å²) in [4.78, 5) is 19.4. The maximum atomic E-state index is 13.1. The lowest BCUT2D eigenvalue weighted by Gasteiger charge is -2.24. The molecule has 2 amide bonds. The van der Waals surface area contributed by atoms with Crippen LogP contribution in [0.3, 0.4) is 0 Å². The Labute approximate surface area is 166 Å². The zero-order chi connectivity index (χ0) is 19.5. The number of carbonyl (C=O) groups is 1. The highest BCUT2D eigenvalue weighted by atomic mass is 32.1. The van der Waals surface area contributed by atoms with Crippen molar-refractivity contribution in [2.75, 3.05) is 19.0 Å². The zero-order valence-corrected chi connectivity index (χ0v) is 16.2. The van der Waals surface area contributed by atoms with E-state index in [0.717, 1.165) is 29.1 Å². The Morgan fingerprint density at radius 3 is 2.82 bits per heavy atom. The van der Waals surface area contributed by atoms with Crippen LogP contribution in [-0.4, -0.2) is 29.6 Å². The van der Waals surface area contributed by atoms with Crippen LogP contribution in [0.4, 0.5) is 14.9 Å². The molecular weight excluding hydrogens is 377 g/mol. The molecule has 144 valence electrons. The third kappa shape index (κ3) is 3.71. The van der Waals surface area contributed by atoms with Gasteiger partial charge < -0.3 is 15.0 Å². The van der Waals surface area contributed by atoms with Crippen LogP contribution in [0.25, 0.3) is 11.3 Å². The first kappa shape index (κ1) is 18.4. The molecule has 1 aliphatic rings. The lowest BCUT2D eigenvalue weighted by atomic mass is 10.2. The molecule has 3 aromatic rings. The van der Waals surface area contributed by atoms with Gasteiger partial charge in [-0.25, -0.2) is 14.2 Å². The summed E-state index contributed by atoms with van der Waals surface area (Å²) in [6.45, 7) is 0.678. The average Bonchev–Trinajstić information content (AvgIpc) is 3.38. The first-order chi connectivity index (χ1) is 13.7. The average molecular weight is 397 g/mol. The smallest absolute Gasteiger partial charge is 0.322 e. The fourth-order valence-corrected chi connectivity index (χ4v) is 4.37. The first-order valence-corrected chi connectivity index (χ1v) is 9.95. The van der Waals surface area contributed by atoms with Crippen LogP contribution in [0, 0.1) is 5.82 Å². The molecule has 0 radical (unpaired) electrons. The molecular formula is C21H20FN3O2S. The fourth-order valence-electron chi connectivity index (χ4n) is 3.40. The van der Waals surface area contributed by atoms with E-state index in [1.54, 1.807) is 19.2 Å². The van der Waals surface area contributed by atoms with Crippen LogP contribution in [0.15, 0.2) is 53.9 Å². The number of amides is 2. The van der Waals surface area contributed by atoms with Crippen LogP contribution in [0.5, 0.6) is 5.75 Å². The van der Waals surface area contributed by atoms with Crippen molar-refractivity contribution in [3.05, 3.63) is 64.7 Å². The van der Waals surface area contributed by atoms with E-state index in [4.69, 9.17) is 9.72 Å². The molecule has 1 fully saturated rings. The molecule has 1 N–H and O–H groups in total. The van der Waals surface area contributed by atoms with Crippen molar-refractivity contribution in [3.63, 3.8) is 0 Å². The molecule has 1 atom stereocenters. The number of hydrogen-bond donors (Lipinski definition) is 1. The number of carbonyl (C=O) groups excluding carboxylic acids is 1. The highest BCUT2D eigenvalue weighted by Gasteiger charge is 2.32. The number of hydrogen-bond acceptors (Lipinski definition) is 4. The molecule has 5 nitrogen and oxygen atoms in total. The molecule has 0 saturated carbocycles. The molecule has 0 unspecified atom stereocenters. The Balaban J connectivity index is 1.52. The number of benzene rings is 2. The van der Waals surface area contributed by atoms with Crippen LogP contribution >= 0.6 is 11.3 Å². The van der Waals surface area contributed by atoms with Gasteiger partial charge in [0.25, 0.3) is 0 Å². The number of ether oxygens (including phenoxy) is 1. The largest absolute Gasteiger partial charge is 0.495 e. The predicted molar refractivity (Wildman–Crippen MR) is 108 cm³/mol. The second kappa shape index (κ2) is 7.98. The molecule has 0 aliphatic carbocycles. The number of para-hydroxylation sites is 2. The SMILES string of the molecule is COc1ccccc1NC(=O)N1CCC[C@H]1c1nc(-c2ccc(F)cc2)cs1. The normalized spacial score (nSPS) is 16.2. The number of rotatable bonds is 4. The van der Waals surface area contributed by atoms with Gasteiger partial charge in [-0.05, 0) is 49.2 Å². The number of anilines is 1. The van der Waals surface area contributed by atoms with E-state index >= 15 is 0 Å². The molecule has 2 aromatic carbocycles. The van der Waals surface area contributed by atoms with Gasteiger partial charge in [0.1, 0.15) is 16.6 Å². The summed E-state index contributed by atoms with van der Waals surface area (Å²) in [5.74, 6) is 0.355. The number of halogens is 1. The van der Waals surface area contributed by atoms with Gasteiger partial charge in [-0.2, -0.15) is 0 Å². The monoisotopic (exact) mass is 397 g/mol. The molecule has 1 aliphatic heterocycles. The van der Waals surface area contributed by atoms with Gasteiger partial charge in [-0.3, -0.25) is 0 Å². The van der Waals surface area contributed by atoms with E-state index in [9.17, 15) is 9.18 Å². The maximum Gasteiger partial charge on any atom is 0.322 e. The Morgan fingerprint density at radius 1 is 1.25 bits per heavy atom. The van der Waals surface area contributed by atoms with Gasteiger partial charge >= 0.3 is 6.03 Å². The van der Waals surface area contributed by atoms with Gasteiger partial charge in [0.2, 0.25) is 0 Å². The minimum atomic E-state index is -0.269. The third-order valence-corrected chi connectivity index (χ3v) is 5.76. The highest BCUT2D eigenvalue weighted by Crippen LogP contribution is 2.36. The Morgan fingerprint density at radius 2 is 2.04 bits per heavy atom. The number of nitrogens with one attached hydrogen (secondary N) is 1. The number of aromatic nitrogens is 1. The van der Waals surface area contributed by atoms with Gasteiger partial charge in [0.15, 0.2) is 0 Å². The predicted octanol–water partition coefficient (Wildman–Crippen LogP) is 5.33. The molecule has 0 spiro atoms. The van der Waals surface area contributed by atoms with Crippen molar-refractivity contribution in [1.82, 2.24) is 9.88 Å². The first-order valence-electron chi connectivity index (χ1n) is 9.07. The highest BCUT2D eigenvalue weighted by molar-refractivity contribution is 7.10. The second-order valence-corrected chi connectivity index (χ2v) is 7.45. The van der Waals surface area contributed by atoms with Crippen molar-refractivity contribution in [1.29, 1.82) is 0 Å². The van der Waals surface area contributed by atoms with Crippen molar-refractivity contribution in [2.24, 2.45) is 0 Å². The summed E-state index contributed by atoms with van der Waals surface area (Å²) in [7, 11) is 1.58. The lowest BCUT2D eigenvalue weighted by Crippen LogP contribution is -2.34. The van der Waals surface area contributed by atoms with E-state index in [0.29, 0.717) is 18.0 Å². The summed E-state index contributed by atoms with van der Waals surface area (Å²) >= 11 is 1.53. The summed E-state index contributed by atoms with van der Waals surface area (Å²) in [6, 6.07) is 13.4. The van der Waals surface area contributed by atoms with Crippen LogP contribution in [0.1, 0.15) is 23.9 Å². The number of nitrogens with zero attached hydrogens (tertiary/aromatic N) is 2. The van der Waals surface area contributed by atoms with E-state index in [-0.39, 0.29) is 17.9 Å². The lowest BCUT2D eigenvalue weighted by molar-refractivity contribution is 0.207. The van der Waals surface area contributed by atoms with Crippen LogP contribution < -0.4 is 10.1 Å². The summed E-state index contributed by atoms with van der Waals surface area (Å²) in [6.07, 6.45) is 1.80. The summed E-state index contributed by atoms with van der Waals surface area (Å²) in [5.41, 5.74) is 2.32. The number of thiazole rings is 1. The second-order valence-electron chi connectivity index (χ2n) is 6.56. The fraction of sp³-hybridized carbons (Fsp3) is 0.238. The van der Waals surface area contributed by atoms with Crippen molar-refractivity contribution in [2.45, 2.75) is 18.9 Å². The molecule has 1 aromatic heterocycles. The van der Waals surface area contributed by atoms with Crippen LogP contribution in [-0.2, 0) is 0 Å². The number of methoxy groups -OCH3 is 1. The minimum absolute atomic E-state index is 0.0612. The minimum Gasteiger partial charge on any atom is -0.495 e. The Hall–Kier alpha value is -2.93. The van der Waals surface area contributed by atoms with E-state index in [1.165, 1.54) is 23.5 Å². The van der Waals surface area contributed by atoms with Crippen molar-refractivity contribution >= 4 is 23.1 Å². The molecule has 1 saturated heterocycles. The standard InChI is InChI=1S/C21H20FN3O2S/c1-27-19-7-3-2-5-16(19)24-21(26)25-12-4-6-18(25)20-23-17(13-28-20)14-8-10-15(22)11-9-14/h2-3,5,7-11,13,18H,4,6,12H2,1H3,(H,24,26)/t18-/m0/s1. The van der Waals surface area contributed by atoms with Crippen molar-refractivity contribution < 1.29 is 13.9 Å². The Bertz CT molecular complexity index is 974. The molecule has 7 heteroatoms. The molecule has 4 rings (SSSR count). The van der Waals surface area contributed by atoms with Crippen molar-refractivity contribution in [3.8, 4) is 17.0 Å². The van der Waals surface area contributed by atoms with Crippen LogP contribution in [0.2, 0.25) is 0 Å². The van der Waals surface area contributed by atoms with Gasteiger partial charge in [-0.1, -0.05) is 12.1 Å². The number of likely N-dealkylation sites (tertiary alicyclic amines) is 1. The van der Waals surface area contributed by atoms with Gasteiger partial charge in [-0.15, -0.1) is 11.3 Å². The molecule has 0 bridgehead atoms. The third-order valence-electron chi connectivity index (χ3n) is 4.81. The zero-order valence-electron chi connectivity index (χ0n) is 15.4. The quantitative estimate of drug-likeness (QED) is 0.648. The van der Waals surface area contributed by atoms with Gasteiger partial charge in [0, 0.05) is 17.5 Å². The van der Waals surface area contributed by atoms with E-state index in [2.05, 4.69) is 5.32 Å². The van der Waals surface area contributed by atoms with Gasteiger partial charge in [0.05, 0.1) is 24.5 Å².